The Labute approximate surface area is 236 Å². The second-order valence-electron chi connectivity index (χ2n) is 11.1. The van der Waals surface area contributed by atoms with Crippen LogP contribution < -0.4 is 20.3 Å². The molecule has 2 aliphatic rings. The lowest BCUT2D eigenvalue weighted by atomic mass is 9.91. The van der Waals surface area contributed by atoms with E-state index in [9.17, 15) is 13.6 Å². The lowest BCUT2D eigenvalue weighted by Crippen LogP contribution is -2.42. The summed E-state index contributed by atoms with van der Waals surface area (Å²) in [6.45, 7) is 7.62. The van der Waals surface area contributed by atoms with Crippen molar-refractivity contribution < 1.29 is 27.8 Å². The number of ether oxygens (including phenoxy) is 3. The third-order valence-corrected chi connectivity index (χ3v) is 6.98. The number of carbonyl (C=O) groups is 1. The van der Waals surface area contributed by atoms with E-state index < -0.39 is 23.9 Å². The number of alkyl halides is 2. The molecule has 0 unspecified atom stereocenters. The number of hydrogen-bond acceptors (Lipinski definition) is 10. The number of aromatic nitrogens is 5. The molecule has 41 heavy (non-hydrogen) atoms. The molecule has 14 heteroatoms. The number of rotatable bonds is 7. The first-order valence-electron chi connectivity index (χ1n) is 13.8. The number of hydrogen-bond donors (Lipinski definition) is 2. The van der Waals surface area contributed by atoms with E-state index in [1.165, 1.54) is 11.7 Å². The van der Waals surface area contributed by atoms with E-state index in [0.29, 0.717) is 49.0 Å². The first-order chi connectivity index (χ1) is 19.6. The van der Waals surface area contributed by atoms with Gasteiger partial charge in [-0.3, -0.25) is 4.57 Å². The van der Waals surface area contributed by atoms with E-state index in [1.807, 2.05) is 25.7 Å². The predicted molar refractivity (Wildman–Crippen MR) is 148 cm³/mol. The second-order valence-corrected chi connectivity index (χ2v) is 11.1. The Kier molecular flexibility index (Phi) is 8.38. The molecule has 3 heterocycles. The minimum absolute atomic E-state index is 0.00150. The smallest absolute Gasteiger partial charge is 0.407 e. The molecular weight excluding hydrogens is 538 g/mol. The second kappa shape index (κ2) is 12.0. The van der Waals surface area contributed by atoms with E-state index in [2.05, 4.69) is 30.6 Å². The molecule has 2 fully saturated rings. The normalized spacial score (nSPS) is 19.8. The van der Waals surface area contributed by atoms with Crippen molar-refractivity contribution >= 4 is 29.0 Å². The van der Waals surface area contributed by atoms with Crippen molar-refractivity contribution in [1.82, 2.24) is 29.8 Å². The minimum Gasteiger partial charge on any atom is -0.494 e. The summed E-state index contributed by atoms with van der Waals surface area (Å²) in [7, 11) is 1.47. The molecule has 2 aromatic heterocycles. The fraction of sp³-hybridized carbons (Fsp3) is 0.593. The number of imidazole rings is 1. The SMILES string of the molecule is COc1cccc2c1nc(C(F)F)n2-c1nc(N[C@H]2CC[C@H](NC(=O)OC(C)(C)C)CC2)nc(N2CCOCC2)n1. The number of morpholine rings is 1. The first kappa shape index (κ1) is 28.7. The highest BCUT2D eigenvalue weighted by Crippen LogP contribution is 2.32. The van der Waals surface area contributed by atoms with Gasteiger partial charge in [0.25, 0.3) is 6.43 Å². The summed E-state index contributed by atoms with van der Waals surface area (Å²) >= 11 is 0. The number of fused-ring (bicyclic) bond motifs is 1. The average Bonchev–Trinajstić information content (AvgIpc) is 3.34. The van der Waals surface area contributed by atoms with Crippen molar-refractivity contribution in [2.75, 3.05) is 43.6 Å². The van der Waals surface area contributed by atoms with Gasteiger partial charge in [0.15, 0.2) is 5.82 Å². The summed E-state index contributed by atoms with van der Waals surface area (Å²) in [6.07, 6.45) is -0.312. The highest BCUT2D eigenvalue weighted by atomic mass is 19.3. The number of benzene rings is 1. The molecule has 0 radical (unpaired) electrons. The molecule has 0 atom stereocenters. The van der Waals surface area contributed by atoms with E-state index in [1.54, 1.807) is 18.2 Å². The van der Waals surface area contributed by atoms with Gasteiger partial charge >= 0.3 is 6.09 Å². The number of anilines is 2. The fourth-order valence-corrected chi connectivity index (χ4v) is 5.07. The molecule has 5 rings (SSSR count). The Morgan fingerprint density at radius 1 is 1.02 bits per heavy atom. The van der Waals surface area contributed by atoms with Gasteiger partial charge in [-0.25, -0.2) is 18.6 Å². The number of carbonyl (C=O) groups excluding carboxylic acids is 1. The highest BCUT2D eigenvalue weighted by molar-refractivity contribution is 5.84. The Balaban J connectivity index is 1.42. The van der Waals surface area contributed by atoms with Crippen LogP contribution in [-0.2, 0) is 9.47 Å². The molecule has 1 aliphatic heterocycles. The third kappa shape index (κ3) is 6.75. The van der Waals surface area contributed by atoms with Gasteiger partial charge in [-0.15, -0.1) is 0 Å². The molecule has 1 saturated heterocycles. The maximum absolute atomic E-state index is 14.3. The van der Waals surface area contributed by atoms with Crippen LogP contribution in [0.3, 0.4) is 0 Å². The van der Waals surface area contributed by atoms with Crippen LogP contribution in [0.2, 0.25) is 0 Å². The largest absolute Gasteiger partial charge is 0.494 e. The highest BCUT2D eigenvalue weighted by Gasteiger charge is 2.28. The Morgan fingerprint density at radius 3 is 2.37 bits per heavy atom. The number of alkyl carbamates (subject to hydrolysis) is 1. The maximum Gasteiger partial charge on any atom is 0.407 e. The monoisotopic (exact) mass is 574 g/mol. The van der Waals surface area contributed by atoms with Crippen molar-refractivity contribution in [1.29, 1.82) is 0 Å². The van der Waals surface area contributed by atoms with Crippen LogP contribution in [0.25, 0.3) is 17.0 Å². The number of halogens is 2. The van der Waals surface area contributed by atoms with Gasteiger partial charge in [-0.1, -0.05) is 6.07 Å². The van der Waals surface area contributed by atoms with Crippen molar-refractivity contribution in [3.8, 4) is 11.7 Å². The average molecular weight is 575 g/mol. The summed E-state index contributed by atoms with van der Waals surface area (Å²) in [6, 6.07) is 5.08. The lowest BCUT2D eigenvalue weighted by Gasteiger charge is -2.31. The molecular formula is C27H36F2N8O4. The van der Waals surface area contributed by atoms with Crippen molar-refractivity contribution in [2.45, 2.75) is 70.6 Å². The van der Waals surface area contributed by atoms with Crippen LogP contribution in [0, 0.1) is 0 Å². The Morgan fingerprint density at radius 2 is 1.71 bits per heavy atom. The zero-order valence-electron chi connectivity index (χ0n) is 23.7. The standard InChI is InChI=1S/C27H36F2N8O4/c1-27(2,3)41-26(38)31-17-10-8-16(9-11-17)30-23-33-24(36-12-14-40-15-13-36)35-25(34-23)37-18-6-5-7-19(39-4)20(18)32-22(37)21(28)29/h5-7,16-17,21H,8-15H2,1-4H3,(H,31,38)(H,30,33,34,35)/t16-,17-. The fourth-order valence-electron chi connectivity index (χ4n) is 5.07. The minimum atomic E-state index is -2.88. The topological polar surface area (TPSA) is 129 Å². The van der Waals surface area contributed by atoms with Crippen LogP contribution in [0.15, 0.2) is 18.2 Å². The summed E-state index contributed by atoms with van der Waals surface area (Å²) in [5.41, 5.74) is 0.134. The van der Waals surface area contributed by atoms with Gasteiger partial charge in [0.05, 0.1) is 25.8 Å². The van der Waals surface area contributed by atoms with Gasteiger partial charge in [0.2, 0.25) is 17.8 Å². The molecule has 222 valence electrons. The Bertz CT molecular complexity index is 1370. The summed E-state index contributed by atoms with van der Waals surface area (Å²) < 4.78 is 46.0. The van der Waals surface area contributed by atoms with E-state index in [0.717, 1.165) is 25.7 Å². The summed E-state index contributed by atoms with van der Waals surface area (Å²) in [5.74, 6) is 0.579. The molecule has 0 spiro atoms. The maximum atomic E-state index is 14.3. The quantitative estimate of drug-likeness (QED) is 0.423. The molecule has 1 saturated carbocycles. The molecule has 12 nitrogen and oxygen atoms in total. The van der Waals surface area contributed by atoms with Crippen LogP contribution in [-0.4, -0.2) is 81.7 Å². The van der Waals surface area contributed by atoms with Gasteiger partial charge in [-0.2, -0.15) is 15.0 Å². The molecule has 0 bridgehead atoms. The van der Waals surface area contributed by atoms with E-state index >= 15 is 0 Å². The number of nitrogens with zero attached hydrogens (tertiary/aromatic N) is 6. The van der Waals surface area contributed by atoms with Crippen molar-refractivity contribution in [3.63, 3.8) is 0 Å². The van der Waals surface area contributed by atoms with Crippen LogP contribution in [0.4, 0.5) is 25.5 Å². The molecule has 1 amide bonds. The number of amides is 1. The molecule has 1 aromatic carbocycles. The van der Waals surface area contributed by atoms with Crippen LogP contribution in [0.1, 0.15) is 58.7 Å². The van der Waals surface area contributed by atoms with Crippen molar-refractivity contribution in [2.24, 2.45) is 0 Å². The molecule has 3 aromatic rings. The predicted octanol–water partition coefficient (Wildman–Crippen LogP) is 4.24. The first-order valence-corrected chi connectivity index (χ1v) is 13.8. The zero-order valence-corrected chi connectivity index (χ0v) is 23.7. The van der Waals surface area contributed by atoms with Gasteiger partial charge in [0.1, 0.15) is 16.9 Å². The van der Waals surface area contributed by atoms with Crippen LogP contribution >= 0.6 is 0 Å². The molecule has 1 aliphatic carbocycles. The van der Waals surface area contributed by atoms with E-state index in [-0.39, 0.29) is 24.0 Å². The van der Waals surface area contributed by atoms with Gasteiger partial charge < -0.3 is 29.7 Å². The molecule has 2 N–H and O–H groups in total. The third-order valence-electron chi connectivity index (χ3n) is 6.98. The van der Waals surface area contributed by atoms with Crippen molar-refractivity contribution in [3.05, 3.63) is 24.0 Å². The number of nitrogens with one attached hydrogen (secondary N) is 2. The van der Waals surface area contributed by atoms with Crippen LogP contribution in [0.5, 0.6) is 5.75 Å². The van der Waals surface area contributed by atoms with Gasteiger partial charge in [0, 0.05) is 25.2 Å². The number of methoxy groups -OCH3 is 1. The Hall–Kier alpha value is -3.81. The van der Waals surface area contributed by atoms with Gasteiger partial charge in [-0.05, 0) is 58.6 Å². The number of para-hydroxylation sites is 1. The summed E-state index contributed by atoms with van der Waals surface area (Å²) in [4.78, 5) is 32.2. The van der Waals surface area contributed by atoms with E-state index in [4.69, 9.17) is 14.2 Å². The zero-order chi connectivity index (χ0) is 29.1. The summed E-state index contributed by atoms with van der Waals surface area (Å²) in [5, 5.41) is 6.33. The lowest BCUT2D eigenvalue weighted by molar-refractivity contribution is 0.0492.